The molecule has 1 aliphatic rings. The van der Waals surface area contributed by atoms with Gasteiger partial charge in [-0.1, -0.05) is 6.42 Å². The lowest BCUT2D eigenvalue weighted by molar-refractivity contribution is 0.396. The van der Waals surface area contributed by atoms with Crippen LogP contribution in [0.3, 0.4) is 0 Å². The van der Waals surface area contributed by atoms with Gasteiger partial charge in [0.1, 0.15) is 0 Å². The molecule has 1 saturated heterocycles. The summed E-state index contributed by atoms with van der Waals surface area (Å²) in [5.41, 5.74) is 5.53. The third kappa shape index (κ3) is 4.09. The summed E-state index contributed by atoms with van der Waals surface area (Å²) in [5, 5.41) is 20.6. The van der Waals surface area contributed by atoms with E-state index in [1.807, 2.05) is 0 Å². The minimum atomic E-state index is -1.14. The summed E-state index contributed by atoms with van der Waals surface area (Å²) >= 11 is 0. The number of nitrogens with two attached hydrogens (primary N) is 1. The predicted octanol–water partition coefficient (Wildman–Crippen LogP) is -0.824. The molecule has 2 atom stereocenters. The van der Waals surface area contributed by atoms with Crippen molar-refractivity contribution >= 4 is 7.12 Å². The zero-order valence-corrected chi connectivity index (χ0v) is 7.95. The molecule has 0 aliphatic carbocycles. The first-order valence-electron chi connectivity index (χ1n) is 5.02. The van der Waals surface area contributed by atoms with Gasteiger partial charge in [0.2, 0.25) is 0 Å². The Hall–Kier alpha value is -0.0951. The second-order valence-corrected chi connectivity index (χ2v) is 3.85. The fourth-order valence-electron chi connectivity index (χ4n) is 1.89. The van der Waals surface area contributed by atoms with Gasteiger partial charge in [-0.05, 0) is 31.6 Å². The highest BCUT2D eigenvalue weighted by molar-refractivity contribution is 6.40. The molecule has 0 unspecified atom stereocenters. The second kappa shape index (κ2) is 5.60. The van der Waals surface area contributed by atoms with Gasteiger partial charge in [0.15, 0.2) is 0 Å². The van der Waals surface area contributed by atoms with Crippen LogP contribution in [0.25, 0.3) is 0 Å². The van der Waals surface area contributed by atoms with E-state index in [0.29, 0.717) is 24.8 Å². The van der Waals surface area contributed by atoms with Crippen LogP contribution in [0, 0.1) is 5.92 Å². The Morgan fingerprint density at radius 1 is 1.46 bits per heavy atom. The molecule has 0 aromatic carbocycles. The molecule has 5 heteroatoms. The van der Waals surface area contributed by atoms with Gasteiger partial charge < -0.3 is 21.1 Å². The highest BCUT2D eigenvalue weighted by Gasteiger charge is 2.22. The zero-order chi connectivity index (χ0) is 9.68. The monoisotopic (exact) mass is 186 g/mol. The van der Waals surface area contributed by atoms with Gasteiger partial charge in [0.05, 0.1) is 0 Å². The first-order valence-corrected chi connectivity index (χ1v) is 5.02. The molecule has 0 aromatic heterocycles. The van der Waals surface area contributed by atoms with Crippen molar-refractivity contribution in [1.82, 2.24) is 5.32 Å². The molecule has 0 spiro atoms. The van der Waals surface area contributed by atoms with Crippen LogP contribution in [0.5, 0.6) is 0 Å². The lowest BCUT2D eigenvalue weighted by atomic mass is 9.82. The van der Waals surface area contributed by atoms with E-state index in [1.165, 1.54) is 0 Å². The molecular formula is C8H19BN2O2. The lowest BCUT2D eigenvalue weighted by Gasteiger charge is -2.07. The van der Waals surface area contributed by atoms with Gasteiger partial charge in [0, 0.05) is 12.6 Å². The molecular weight excluding hydrogens is 167 g/mol. The summed E-state index contributed by atoms with van der Waals surface area (Å²) in [6.07, 6.45) is 3.59. The third-order valence-electron chi connectivity index (χ3n) is 2.67. The van der Waals surface area contributed by atoms with Crippen molar-refractivity contribution in [2.45, 2.75) is 31.6 Å². The van der Waals surface area contributed by atoms with Gasteiger partial charge >= 0.3 is 7.12 Å². The zero-order valence-electron chi connectivity index (χ0n) is 7.95. The molecule has 5 N–H and O–H groups in total. The van der Waals surface area contributed by atoms with Crippen LogP contribution in [0.15, 0.2) is 0 Å². The van der Waals surface area contributed by atoms with Crippen molar-refractivity contribution < 1.29 is 10.0 Å². The van der Waals surface area contributed by atoms with E-state index in [-0.39, 0.29) is 0 Å². The van der Waals surface area contributed by atoms with Crippen LogP contribution in [0.1, 0.15) is 19.3 Å². The molecule has 0 bridgehead atoms. The Morgan fingerprint density at radius 3 is 2.77 bits per heavy atom. The van der Waals surface area contributed by atoms with Crippen LogP contribution >= 0.6 is 0 Å². The quantitative estimate of drug-likeness (QED) is 0.423. The van der Waals surface area contributed by atoms with Gasteiger partial charge in [0.25, 0.3) is 0 Å². The molecule has 0 radical (unpaired) electrons. The Labute approximate surface area is 79.7 Å². The number of hydrogen-bond acceptors (Lipinski definition) is 4. The Kier molecular flexibility index (Phi) is 4.73. The summed E-state index contributed by atoms with van der Waals surface area (Å²) in [7, 11) is -1.14. The topological polar surface area (TPSA) is 78.5 Å². The smallest absolute Gasteiger partial charge is 0.427 e. The summed E-state index contributed by atoms with van der Waals surface area (Å²) in [4.78, 5) is 0. The van der Waals surface area contributed by atoms with Crippen molar-refractivity contribution in [2.75, 3.05) is 13.1 Å². The van der Waals surface area contributed by atoms with E-state index < -0.39 is 7.12 Å². The number of rotatable bonds is 5. The highest BCUT2D eigenvalue weighted by Crippen LogP contribution is 2.19. The minimum absolute atomic E-state index is 0.476. The lowest BCUT2D eigenvalue weighted by Crippen LogP contribution is -2.29. The van der Waals surface area contributed by atoms with Crippen LogP contribution in [-0.4, -0.2) is 36.3 Å². The predicted molar refractivity (Wildman–Crippen MR) is 53.2 cm³/mol. The molecule has 1 aliphatic heterocycles. The Balaban J connectivity index is 2.03. The summed E-state index contributed by atoms with van der Waals surface area (Å²) in [6.45, 7) is 1.74. The minimum Gasteiger partial charge on any atom is -0.427 e. The van der Waals surface area contributed by atoms with Crippen molar-refractivity contribution in [2.24, 2.45) is 11.7 Å². The normalized spacial score (nSPS) is 27.9. The molecule has 0 saturated carbocycles. The van der Waals surface area contributed by atoms with Crippen molar-refractivity contribution in [3.8, 4) is 0 Å². The average molecular weight is 186 g/mol. The second-order valence-electron chi connectivity index (χ2n) is 3.85. The van der Waals surface area contributed by atoms with E-state index in [4.69, 9.17) is 15.8 Å². The van der Waals surface area contributed by atoms with E-state index in [1.54, 1.807) is 0 Å². The van der Waals surface area contributed by atoms with Gasteiger partial charge in [-0.25, -0.2) is 0 Å². The van der Waals surface area contributed by atoms with Crippen LogP contribution in [-0.2, 0) is 0 Å². The van der Waals surface area contributed by atoms with E-state index in [2.05, 4.69) is 5.32 Å². The van der Waals surface area contributed by atoms with Crippen molar-refractivity contribution in [3.05, 3.63) is 0 Å². The third-order valence-corrected chi connectivity index (χ3v) is 2.67. The maximum Gasteiger partial charge on any atom is 0.451 e. The van der Waals surface area contributed by atoms with Crippen LogP contribution in [0.2, 0.25) is 6.32 Å². The Bertz CT molecular complexity index is 146. The molecule has 0 aromatic rings. The molecule has 0 amide bonds. The molecule has 76 valence electrons. The maximum absolute atomic E-state index is 8.64. The van der Waals surface area contributed by atoms with Gasteiger partial charge in [-0.2, -0.15) is 0 Å². The van der Waals surface area contributed by atoms with Crippen LogP contribution in [0.4, 0.5) is 0 Å². The molecule has 1 rings (SSSR count). The first kappa shape index (κ1) is 11.0. The molecule has 4 nitrogen and oxygen atoms in total. The standard InChI is InChI=1S/C8H19BN2O2/c10-5-8-4-7(6-11-8)2-1-3-9(12)13/h7-8,11-13H,1-6,10H2/t7-,8+/m0/s1. The SMILES string of the molecule is NC[C@H]1C[C@H](CCCB(O)O)CN1. The average Bonchev–Trinajstić information content (AvgIpc) is 2.52. The highest BCUT2D eigenvalue weighted by atomic mass is 16.4. The Morgan fingerprint density at radius 2 is 2.23 bits per heavy atom. The van der Waals surface area contributed by atoms with Crippen molar-refractivity contribution in [1.29, 1.82) is 0 Å². The van der Waals surface area contributed by atoms with E-state index >= 15 is 0 Å². The first-order chi connectivity index (χ1) is 6.22. The fourth-order valence-corrected chi connectivity index (χ4v) is 1.89. The van der Waals surface area contributed by atoms with E-state index in [9.17, 15) is 0 Å². The summed E-state index contributed by atoms with van der Waals surface area (Å²) in [5.74, 6) is 0.673. The van der Waals surface area contributed by atoms with Crippen LogP contribution < -0.4 is 11.1 Å². The molecule has 1 heterocycles. The molecule has 1 fully saturated rings. The molecule has 13 heavy (non-hydrogen) atoms. The summed E-state index contributed by atoms with van der Waals surface area (Å²) in [6, 6.07) is 0.476. The summed E-state index contributed by atoms with van der Waals surface area (Å²) < 4.78 is 0. The number of nitrogens with one attached hydrogen (secondary N) is 1. The van der Waals surface area contributed by atoms with Gasteiger partial charge in [-0.3, -0.25) is 0 Å². The largest absolute Gasteiger partial charge is 0.451 e. The fraction of sp³-hybridized carbons (Fsp3) is 1.00. The van der Waals surface area contributed by atoms with Gasteiger partial charge in [-0.15, -0.1) is 0 Å². The van der Waals surface area contributed by atoms with E-state index in [0.717, 1.165) is 25.8 Å². The number of hydrogen-bond donors (Lipinski definition) is 4. The van der Waals surface area contributed by atoms with Crippen molar-refractivity contribution in [3.63, 3.8) is 0 Å². The maximum atomic E-state index is 8.64.